The highest BCUT2D eigenvalue weighted by molar-refractivity contribution is 5.79. The van der Waals surface area contributed by atoms with Gasteiger partial charge in [0.25, 0.3) is 0 Å². The molecule has 1 atom stereocenters. The molecule has 4 heterocycles. The lowest BCUT2D eigenvalue weighted by Gasteiger charge is -2.41. The van der Waals surface area contributed by atoms with Crippen LogP contribution < -0.4 is 4.74 Å². The number of nitrogens with zero attached hydrogens (tertiary/aromatic N) is 3. The quantitative estimate of drug-likeness (QED) is 0.754. The second-order valence-electron chi connectivity index (χ2n) is 8.82. The van der Waals surface area contributed by atoms with Crippen molar-refractivity contribution < 1.29 is 23.8 Å². The molecule has 1 unspecified atom stereocenters. The minimum atomic E-state index is -0.494. The number of pyridine rings is 1. The number of aromatic nitrogens is 1. The molecule has 8 heteroatoms. The van der Waals surface area contributed by atoms with E-state index in [4.69, 9.17) is 14.2 Å². The minimum absolute atomic E-state index is 0.00998. The van der Waals surface area contributed by atoms with E-state index in [-0.39, 0.29) is 30.8 Å². The zero-order valence-electron chi connectivity index (χ0n) is 17.3. The van der Waals surface area contributed by atoms with Gasteiger partial charge in [-0.25, -0.2) is 4.79 Å². The molecule has 1 aromatic heterocycles. The maximum atomic E-state index is 12.3. The third-order valence-electron chi connectivity index (χ3n) is 5.54. The van der Waals surface area contributed by atoms with E-state index in [0.29, 0.717) is 26.2 Å². The predicted molar refractivity (Wildman–Crippen MR) is 105 cm³/mol. The predicted octanol–water partition coefficient (Wildman–Crippen LogP) is 2.32. The number of piperidine rings is 1. The molecule has 4 rings (SSSR count). The van der Waals surface area contributed by atoms with Crippen LogP contribution in [-0.4, -0.2) is 71.3 Å². The maximum Gasteiger partial charge on any atom is 0.410 e. The molecule has 3 aliphatic heterocycles. The van der Waals surface area contributed by atoms with Gasteiger partial charge in [0.15, 0.2) is 0 Å². The number of carbonyl (C=O) groups is 2. The Hall–Kier alpha value is -2.35. The van der Waals surface area contributed by atoms with Crippen molar-refractivity contribution in [1.29, 1.82) is 0 Å². The molecule has 0 saturated carbocycles. The highest BCUT2D eigenvalue weighted by Gasteiger charge is 2.37. The summed E-state index contributed by atoms with van der Waals surface area (Å²) in [5.74, 6) is 0.797. The Morgan fingerprint density at radius 3 is 2.72 bits per heavy atom. The van der Waals surface area contributed by atoms with Crippen LogP contribution in [0.5, 0.6) is 5.75 Å². The Kier molecular flexibility index (Phi) is 5.38. The first kappa shape index (κ1) is 19.9. The molecule has 29 heavy (non-hydrogen) atoms. The summed E-state index contributed by atoms with van der Waals surface area (Å²) in [6, 6.07) is 1.74. The van der Waals surface area contributed by atoms with Gasteiger partial charge < -0.3 is 24.0 Å². The summed E-state index contributed by atoms with van der Waals surface area (Å²) in [5.41, 5.74) is 1.46. The van der Waals surface area contributed by atoms with Gasteiger partial charge >= 0.3 is 6.09 Å². The standard InChI is InChI=1S/C21H29N3O5/c1-21(2,3)29-20(26)23-9-5-14(6-10-23)28-17-4-8-22-15-7-11-24-16(19(15)17)12-27-13-18(24)25/h4,8,14,16H,5-7,9-13H2,1-3H3. The molecule has 3 aliphatic rings. The SMILES string of the molecule is CC(C)(C)OC(=O)N1CCC(Oc2ccnc3c2C2COCC(=O)N2CC3)CC1. The largest absolute Gasteiger partial charge is 0.490 e. The number of carbonyl (C=O) groups excluding carboxylic acids is 2. The second kappa shape index (κ2) is 7.82. The molecule has 0 N–H and O–H groups in total. The fourth-order valence-electron chi connectivity index (χ4n) is 4.17. The Balaban J connectivity index is 1.43. The first-order chi connectivity index (χ1) is 13.8. The molecular formula is C21H29N3O5. The first-order valence-corrected chi connectivity index (χ1v) is 10.3. The highest BCUT2D eigenvalue weighted by Crippen LogP contribution is 2.38. The molecule has 2 amide bonds. The number of rotatable bonds is 2. The molecular weight excluding hydrogens is 374 g/mol. The number of hydrogen-bond acceptors (Lipinski definition) is 6. The summed E-state index contributed by atoms with van der Waals surface area (Å²) in [6.07, 6.45) is 3.71. The Labute approximate surface area is 171 Å². The lowest BCUT2D eigenvalue weighted by Crippen LogP contribution is -2.48. The second-order valence-corrected chi connectivity index (χ2v) is 8.82. The fraction of sp³-hybridized carbons (Fsp3) is 0.667. The van der Waals surface area contributed by atoms with E-state index < -0.39 is 5.60 Å². The molecule has 2 saturated heterocycles. The monoisotopic (exact) mass is 403 g/mol. The van der Waals surface area contributed by atoms with Crippen molar-refractivity contribution >= 4 is 12.0 Å². The molecule has 8 nitrogen and oxygen atoms in total. The normalized spacial score (nSPS) is 22.7. The van der Waals surface area contributed by atoms with E-state index in [9.17, 15) is 9.59 Å². The molecule has 0 radical (unpaired) electrons. The number of morpholine rings is 1. The van der Waals surface area contributed by atoms with Crippen LogP contribution in [0, 0.1) is 0 Å². The number of likely N-dealkylation sites (tertiary alicyclic amines) is 1. The summed E-state index contributed by atoms with van der Waals surface area (Å²) in [7, 11) is 0. The van der Waals surface area contributed by atoms with Gasteiger partial charge in [0.05, 0.1) is 18.3 Å². The van der Waals surface area contributed by atoms with Crippen molar-refractivity contribution in [2.24, 2.45) is 0 Å². The number of hydrogen-bond donors (Lipinski definition) is 0. The van der Waals surface area contributed by atoms with Crippen molar-refractivity contribution in [3.8, 4) is 5.75 Å². The van der Waals surface area contributed by atoms with Crippen LogP contribution in [-0.2, 0) is 20.7 Å². The average Bonchev–Trinajstić information content (AvgIpc) is 2.67. The molecule has 0 aromatic carbocycles. The van der Waals surface area contributed by atoms with Crippen molar-refractivity contribution in [1.82, 2.24) is 14.8 Å². The van der Waals surface area contributed by atoms with E-state index in [1.54, 1.807) is 11.1 Å². The first-order valence-electron chi connectivity index (χ1n) is 10.3. The third kappa shape index (κ3) is 4.32. The van der Waals surface area contributed by atoms with Gasteiger partial charge in [-0.05, 0) is 26.8 Å². The average molecular weight is 403 g/mol. The summed E-state index contributed by atoms with van der Waals surface area (Å²) in [6.45, 7) is 8.10. The summed E-state index contributed by atoms with van der Waals surface area (Å²) in [4.78, 5) is 32.6. The van der Waals surface area contributed by atoms with E-state index in [1.807, 2.05) is 31.7 Å². The van der Waals surface area contributed by atoms with E-state index >= 15 is 0 Å². The smallest absolute Gasteiger partial charge is 0.410 e. The summed E-state index contributed by atoms with van der Waals surface area (Å²) >= 11 is 0. The van der Waals surface area contributed by atoms with Crippen LogP contribution in [0.3, 0.4) is 0 Å². The van der Waals surface area contributed by atoms with Crippen LogP contribution >= 0.6 is 0 Å². The fourth-order valence-corrected chi connectivity index (χ4v) is 4.17. The van der Waals surface area contributed by atoms with Crippen LogP contribution in [0.15, 0.2) is 12.3 Å². The zero-order chi connectivity index (χ0) is 20.6. The van der Waals surface area contributed by atoms with Gasteiger partial charge in [0, 0.05) is 50.7 Å². The number of fused-ring (bicyclic) bond motifs is 3. The Bertz CT molecular complexity index is 783. The van der Waals surface area contributed by atoms with Crippen LogP contribution in [0.4, 0.5) is 4.79 Å². The van der Waals surface area contributed by atoms with Gasteiger partial charge in [-0.1, -0.05) is 0 Å². The van der Waals surface area contributed by atoms with Crippen LogP contribution in [0.1, 0.15) is 50.9 Å². The lowest BCUT2D eigenvalue weighted by molar-refractivity contribution is -0.149. The number of amides is 2. The molecule has 158 valence electrons. The van der Waals surface area contributed by atoms with Gasteiger partial charge in [-0.2, -0.15) is 0 Å². The van der Waals surface area contributed by atoms with Gasteiger partial charge in [-0.3, -0.25) is 9.78 Å². The van der Waals surface area contributed by atoms with Crippen LogP contribution in [0.25, 0.3) is 0 Å². The minimum Gasteiger partial charge on any atom is -0.490 e. The number of ether oxygens (including phenoxy) is 3. The topological polar surface area (TPSA) is 81.2 Å². The van der Waals surface area contributed by atoms with Gasteiger partial charge in [0.1, 0.15) is 24.1 Å². The molecule has 0 aliphatic carbocycles. The highest BCUT2D eigenvalue weighted by atomic mass is 16.6. The maximum absolute atomic E-state index is 12.3. The lowest BCUT2D eigenvalue weighted by atomic mass is 9.95. The Morgan fingerprint density at radius 2 is 2.00 bits per heavy atom. The van der Waals surface area contributed by atoms with Crippen molar-refractivity contribution in [3.63, 3.8) is 0 Å². The van der Waals surface area contributed by atoms with Gasteiger partial charge in [0.2, 0.25) is 5.91 Å². The van der Waals surface area contributed by atoms with E-state index in [0.717, 1.165) is 36.3 Å². The van der Waals surface area contributed by atoms with Gasteiger partial charge in [-0.15, -0.1) is 0 Å². The molecule has 0 spiro atoms. The summed E-state index contributed by atoms with van der Waals surface area (Å²) in [5, 5.41) is 0. The van der Waals surface area contributed by atoms with Crippen molar-refractivity contribution in [2.75, 3.05) is 32.8 Å². The zero-order valence-corrected chi connectivity index (χ0v) is 17.3. The van der Waals surface area contributed by atoms with Crippen LogP contribution in [0.2, 0.25) is 0 Å². The Morgan fingerprint density at radius 1 is 1.24 bits per heavy atom. The third-order valence-corrected chi connectivity index (χ3v) is 5.54. The molecule has 1 aromatic rings. The van der Waals surface area contributed by atoms with E-state index in [1.165, 1.54) is 0 Å². The molecule has 0 bridgehead atoms. The van der Waals surface area contributed by atoms with Crippen molar-refractivity contribution in [2.45, 2.75) is 57.8 Å². The van der Waals surface area contributed by atoms with E-state index in [2.05, 4.69) is 4.98 Å². The van der Waals surface area contributed by atoms with Crippen molar-refractivity contribution in [3.05, 3.63) is 23.5 Å². The molecule has 2 fully saturated rings. The summed E-state index contributed by atoms with van der Waals surface area (Å²) < 4.78 is 17.3.